The quantitative estimate of drug-likeness (QED) is 0.774. The Bertz CT molecular complexity index is 1030. The van der Waals surface area contributed by atoms with Crippen molar-refractivity contribution >= 4 is 21.6 Å². The number of carbonyl (C=O) groups is 1. The molecule has 0 aliphatic carbocycles. The summed E-state index contributed by atoms with van der Waals surface area (Å²) in [5.41, 5.74) is 2.40. The van der Waals surface area contributed by atoms with Crippen LogP contribution in [-0.4, -0.2) is 44.9 Å². The standard InChI is InChI=1S/C22H26N2O4S/c1-16-9-10-17(2)21(14-16)29(26,27)23-11-5-6-18(15-23)22(25)24-12-13-28-20-8-4-3-7-19(20)24/h3-4,7-10,14,18H,5-6,11-13,15H2,1-2H3/t18-/m0/s1. The van der Waals surface area contributed by atoms with Gasteiger partial charge in [0.25, 0.3) is 0 Å². The summed E-state index contributed by atoms with van der Waals surface area (Å²) in [5.74, 6) is 0.319. The van der Waals surface area contributed by atoms with Crippen LogP contribution in [0.25, 0.3) is 0 Å². The van der Waals surface area contributed by atoms with E-state index in [2.05, 4.69) is 0 Å². The highest BCUT2D eigenvalue weighted by molar-refractivity contribution is 7.89. The molecule has 2 aliphatic heterocycles. The second-order valence-electron chi connectivity index (χ2n) is 7.78. The molecule has 7 heteroatoms. The zero-order valence-corrected chi connectivity index (χ0v) is 17.6. The van der Waals surface area contributed by atoms with Gasteiger partial charge in [0.1, 0.15) is 12.4 Å². The van der Waals surface area contributed by atoms with Gasteiger partial charge in [-0.2, -0.15) is 4.31 Å². The van der Waals surface area contributed by atoms with Gasteiger partial charge in [-0.3, -0.25) is 4.79 Å². The predicted molar refractivity (Wildman–Crippen MR) is 112 cm³/mol. The van der Waals surface area contributed by atoms with E-state index < -0.39 is 10.0 Å². The molecule has 0 bridgehead atoms. The average molecular weight is 415 g/mol. The molecule has 2 aromatic carbocycles. The lowest BCUT2D eigenvalue weighted by molar-refractivity contribution is -0.123. The number of piperidine rings is 1. The topological polar surface area (TPSA) is 66.9 Å². The van der Waals surface area contributed by atoms with E-state index >= 15 is 0 Å². The number of amides is 1. The molecule has 29 heavy (non-hydrogen) atoms. The van der Waals surface area contributed by atoms with Gasteiger partial charge in [0.15, 0.2) is 0 Å². The summed E-state index contributed by atoms with van der Waals surface area (Å²) in [6.45, 7) is 5.28. The number of hydrogen-bond donors (Lipinski definition) is 0. The summed E-state index contributed by atoms with van der Waals surface area (Å²) in [6.07, 6.45) is 1.36. The van der Waals surface area contributed by atoms with Gasteiger partial charge in [0, 0.05) is 13.1 Å². The molecule has 0 unspecified atom stereocenters. The maximum Gasteiger partial charge on any atom is 0.243 e. The highest BCUT2D eigenvalue weighted by atomic mass is 32.2. The van der Waals surface area contributed by atoms with Crippen LogP contribution in [0.4, 0.5) is 5.69 Å². The number of ether oxygens (including phenoxy) is 1. The van der Waals surface area contributed by atoms with E-state index in [1.54, 1.807) is 11.0 Å². The molecule has 6 nitrogen and oxygen atoms in total. The van der Waals surface area contributed by atoms with Gasteiger partial charge >= 0.3 is 0 Å². The van der Waals surface area contributed by atoms with Crippen molar-refractivity contribution in [2.45, 2.75) is 31.6 Å². The van der Waals surface area contributed by atoms with Gasteiger partial charge in [-0.25, -0.2) is 8.42 Å². The first-order valence-corrected chi connectivity index (χ1v) is 11.4. The number of sulfonamides is 1. The van der Waals surface area contributed by atoms with Crippen LogP contribution in [-0.2, 0) is 14.8 Å². The monoisotopic (exact) mass is 414 g/mol. The molecule has 4 rings (SSSR count). The summed E-state index contributed by atoms with van der Waals surface area (Å²) in [5, 5.41) is 0. The second-order valence-corrected chi connectivity index (χ2v) is 9.68. The van der Waals surface area contributed by atoms with Gasteiger partial charge in [-0.05, 0) is 56.0 Å². The van der Waals surface area contributed by atoms with E-state index in [-0.39, 0.29) is 18.4 Å². The molecule has 1 atom stereocenters. The lowest BCUT2D eigenvalue weighted by atomic mass is 9.97. The summed E-state index contributed by atoms with van der Waals surface area (Å²) in [4.78, 5) is 15.4. The van der Waals surface area contributed by atoms with Crippen molar-refractivity contribution in [2.75, 3.05) is 31.1 Å². The Kier molecular flexibility index (Phi) is 5.36. The molecule has 2 heterocycles. The minimum atomic E-state index is -3.63. The molecule has 2 aliphatic rings. The second kappa shape index (κ2) is 7.80. The van der Waals surface area contributed by atoms with E-state index in [9.17, 15) is 13.2 Å². The normalized spacial score (nSPS) is 20.1. The Hall–Kier alpha value is -2.38. The lowest BCUT2D eigenvalue weighted by Crippen LogP contribution is -2.48. The number of para-hydroxylation sites is 2. The molecular formula is C22H26N2O4S. The maximum atomic E-state index is 13.3. The fourth-order valence-corrected chi connectivity index (χ4v) is 5.94. The predicted octanol–water partition coefficient (Wildman–Crippen LogP) is 3.13. The third kappa shape index (κ3) is 3.76. The maximum absolute atomic E-state index is 13.3. The number of anilines is 1. The van der Waals surface area contributed by atoms with E-state index in [1.165, 1.54) is 4.31 Å². The zero-order valence-electron chi connectivity index (χ0n) is 16.8. The number of fused-ring (bicyclic) bond motifs is 1. The minimum absolute atomic E-state index is 0.0263. The molecule has 154 valence electrons. The van der Waals surface area contributed by atoms with Crippen LogP contribution in [0.15, 0.2) is 47.4 Å². The number of carbonyl (C=O) groups excluding carboxylic acids is 1. The molecule has 1 saturated heterocycles. The van der Waals surface area contributed by atoms with Crippen molar-refractivity contribution < 1.29 is 17.9 Å². The van der Waals surface area contributed by atoms with Crippen molar-refractivity contribution in [1.82, 2.24) is 4.31 Å². The van der Waals surface area contributed by atoms with Crippen molar-refractivity contribution in [3.63, 3.8) is 0 Å². The van der Waals surface area contributed by atoms with Crippen LogP contribution < -0.4 is 9.64 Å². The summed E-state index contributed by atoms with van der Waals surface area (Å²) in [6, 6.07) is 12.9. The van der Waals surface area contributed by atoms with E-state index in [0.29, 0.717) is 43.2 Å². The van der Waals surface area contributed by atoms with Crippen LogP contribution in [0.3, 0.4) is 0 Å². The first-order valence-electron chi connectivity index (χ1n) is 9.98. The molecule has 1 amide bonds. The Morgan fingerprint density at radius 3 is 2.72 bits per heavy atom. The van der Waals surface area contributed by atoms with Crippen molar-refractivity contribution in [2.24, 2.45) is 5.92 Å². The van der Waals surface area contributed by atoms with Gasteiger partial charge < -0.3 is 9.64 Å². The smallest absolute Gasteiger partial charge is 0.243 e. The van der Waals surface area contributed by atoms with Crippen molar-refractivity contribution in [3.8, 4) is 5.75 Å². The number of hydrogen-bond acceptors (Lipinski definition) is 4. The van der Waals surface area contributed by atoms with Crippen LogP contribution in [0.2, 0.25) is 0 Å². The van der Waals surface area contributed by atoms with Crippen molar-refractivity contribution in [3.05, 3.63) is 53.6 Å². The average Bonchev–Trinajstić information content (AvgIpc) is 2.74. The van der Waals surface area contributed by atoms with Crippen LogP contribution in [0, 0.1) is 19.8 Å². The Morgan fingerprint density at radius 1 is 1.10 bits per heavy atom. The molecule has 0 saturated carbocycles. The van der Waals surface area contributed by atoms with Crippen LogP contribution in [0.1, 0.15) is 24.0 Å². The number of aryl methyl sites for hydroxylation is 2. The highest BCUT2D eigenvalue weighted by Crippen LogP contribution is 2.34. The van der Waals surface area contributed by atoms with Crippen LogP contribution >= 0.6 is 0 Å². The molecule has 0 N–H and O–H groups in total. The third-order valence-corrected chi connectivity index (χ3v) is 7.70. The van der Waals surface area contributed by atoms with E-state index in [1.807, 2.05) is 50.2 Å². The lowest BCUT2D eigenvalue weighted by Gasteiger charge is -2.36. The molecule has 0 radical (unpaired) electrons. The van der Waals surface area contributed by atoms with Gasteiger partial charge in [0.05, 0.1) is 23.0 Å². The van der Waals surface area contributed by atoms with E-state index in [0.717, 1.165) is 16.8 Å². The molecule has 1 fully saturated rings. The molecule has 0 spiro atoms. The summed E-state index contributed by atoms with van der Waals surface area (Å²) < 4.78 is 33.7. The molecule has 2 aromatic rings. The summed E-state index contributed by atoms with van der Waals surface area (Å²) >= 11 is 0. The number of benzene rings is 2. The Balaban J connectivity index is 1.57. The van der Waals surface area contributed by atoms with Gasteiger partial charge in [0.2, 0.25) is 15.9 Å². The number of nitrogens with zero attached hydrogens (tertiary/aromatic N) is 2. The Labute approximate surface area is 172 Å². The summed E-state index contributed by atoms with van der Waals surface area (Å²) in [7, 11) is -3.63. The fourth-order valence-electron chi connectivity index (χ4n) is 4.11. The Morgan fingerprint density at radius 2 is 1.90 bits per heavy atom. The minimum Gasteiger partial charge on any atom is -0.490 e. The van der Waals surface area contributed by atoms with Crippen LogP contribution in [0.5, 0.6) is 5.75 Å². The first-order chi connectivity index (χ1) is 13.9. The third-order valence-electron chi connectivity index (χ3n) is 5.69. The largest absolute Gasteiger partial charge is 0.490 e. The van der Waals surface area contributed by atoms with Gasteiger partial charge in [-0.1, -0.05) is 24.3 Å². The molecule has 0 aromatic heterocycles. The SMILES string of the molecule is Cc1ccc(C)c(S(=O)(=O)N2CCC[C@H](C(=O)N3CCOc4ccccc43)C2)c1. The van der Waals surface area contributed by atoms with Gasteiger partial charge in [-0.15, -0.1) is 0 Å². The first kappa shape index (κ1) is 19.9. The number of rotatable bonds is 3. The molecular weight excluding hydrogens is 388 g/mol. The van der Waals surface area contributed by atoms with Crippen molar-refractivity contribution in [1.29, 1.82) is 0 Å². The van der Waals surface area contributed by atoms with E-state index in [4.69, 9.17) is 4.74 Å². The zero-order chi connectivity index (χ0) is 20.6. The highest BCUT2D eigenvalue weighted by Gasteiger charge is 2.37. The fraction of sp³-hybridized carbons (Fsp3) is 0.409.